The summed E-state index contributed by atoms with van der Waals surface area (Å²) < 4.78 is 41.2. The van der Waals surface area contributed by atoms with Crippen LogP contribution in [-0.4, -0.2) is 34.1 Å². The molecule has 0 radical (unpaired) electrons. The van der Waals surface area contributed by atoms with Gasteiger partial charge in [-0.3, -0.25) is 0 Å². The largest absolute Gasteiger partial charge is 0.494 e. The van der Waals surface area contributed by atoms with Crippen LogP contribution in [0.5, 0.6) is 5.75 Å². The number of nitrogens with one attached hydrogen (secondary N) is 1. The van der Waals surface area contributed by atoms with Crippen LogP contribution in [0.25, 0.3) is 0 Å². The SMILES string of the molecule is CCCNC(CCS(C)(=O)=O)c1ccc(OC)c(F)c1. The molecule has 1 atom stereocenters. The summed E-state index contributed by atoms with van der Waals surface area (Å²) in [7, 11) is -1.62. The average Bonchev–Trinajstić information content (AvgIpc) is 2.37. The second-order valence-electron chi connectivity index (χ2n) is 4.82. The molecule has 0 saturated heterocycles. The lowest BCUT2D eigenvalue weighted by Crippen LogP contribution is -2.24. The van der Waals surface area contributed by atoms with Crippen LogP contribution in [-0.2, 0) is 9.84 Å². The van der Waals surface area contributed by atoms with E-state index in [1.807, 2.05) is 6.92 Å². The van der Waals surface area contributed by atoms with Gasteiger partial charge in [0.2, 0.25) is 0 Å². The third kappa shape index (κ3) is 5.46. The van der Waals surface area contributed by atoms with E-state index in [2.05, 4.69) is 5.32 Å². The van der Waals surface area contributed by atoms with Crippen molar-refractivity contribution in [2.75, 3.05) is 25.7 Å². The van der Waals surface area contributed by atoms with Crippen molar-refractivity contribution >= 4 is 9.84 Å². The van der Waals surface area contributed by atoms with Gasteiger partial charge in [-0.1, -0.05) is 13.0 Å². The molecule has 0 aromatic heterocycles. The van der Waals surface area contributed by atoms with Crippen LogP contribution in [0.4, 0.5) is 4.39 Å². The number of benzene rings is 1. The first kappa shape index (κ1) is 16.9. The first-order valence-electron chi connectivity index (χ1n) is 6.62. The quantitative estimate of drug-likeness (QED) is 0.800. The van der Waals surface area contributed by atoms with E-state index in [1.54, 1.807) is 12.1 Å². The summed E-state index contributed by atoms with van der Waals surface area (Å²) in [4.78, 5) is 0. The molecule has 0 bridgehead atoms. The standard InChI is InChI=1S/C14H22FNO3S/c1-4-8-16-13(7-9-20(3,17)18)11-5-6-14(19-2)12(15)10-11/h5-6,10,13,16H,4,7-9H2,1-3H3. The number of hydrogen-bond acceptors (Lipinski definition) is 4. The minimum atomic E-state index is -3.03. The molecular formula is C14H22FNO3S. The Morgan fingerprint density at radius 3 is 2.60 bits per heavy atom. The lowest BCUT2D eigenvalue weighted by molar-refractivity contribution is 0.385. The van der Waals surface area contributed by atoms with Crippen LogP contribution in [0.1, 0.15) is 31.4 Å². The molecule has 0 spiro atoms. The van der Waals surface area contributed by atoms with Crippen LogP contribution in [0.3, 0.4) is 0 Å². The molecule has 1 N–H and O–H groups in total. The van der Waals surface area contributed by atoms with Crippen LogP contribution in [0, 0.1) is 5.82 Å². The van der Waals surface area contributed by atoms with E-state index >= 15 is 0 Å². The van der Waals surface area contributed by atoms with Crippen molar-refractivity contribution in [2.45, 2.75) is 25.8 Å². The van der Waals surface area contributed by atoms with Gasteiger partial charge in [0.15, 0.2) is 11.6 Å². The van der Waals surface area contributed by atoms with Crippen molar-refractivity contribution in [3.8, 4) is 5.75 Å². The van der Waals surface area contributed by atoms with E-state index in [0.717, 1.165) is 18.5 Å². The zero-order valence-corrected chi connectivity index (χ0v) is 13.0. The maximum Gasteiger partial charge on any atom is 0.165 e. The molecule has 1 unspecified atom stereocenters. The van der Waals surface area contributed by atoms with Crippen LogP contribution >= 0.6 is 0 Å². The Kier molecular flexibility index (Phi) is 6.42. The average molecular weight is 303 g/mol. The number of rotatable bonds is 8. The summed E-state index contributed by atoms with van der Waals surface area (Å²) in [5, 5.41) is 3.25. The summed E-state index contributed by atoms with van der Waals surface area (Å²) >= 11 is 0. The highest BCUT2D eigenvalue weighted by molar-refractivity contribution is 7.90. The van der Waals surface area contributed by atoms with Crippen molar-refractivity contribution in [3.05, 3.63) is 29.6 Å². The van der Waals surface area contributed by atoms with Gasteiger partial charge in [-0.2, -0.15) is 0 Å². The number of hydrogen-bond donors (Lipinski definition) is 1. The van der Waals surface area contributed by atoms with E-state index < -0.39 is 15.7 Å². The predicted octanol–water partition coefficient (Wildman–Crippen LogP) is 2.31. The summed E-state index contributed by atoms with van der Waals surface area (Å²) in [5.41, 5.74) is 0.736. The molecular weight excluding hydrogens is 281 g/mol. The molecule has 6 heteroatoms. The molecule has 0 aliphatic carbocycles. The number of halogens is 1. The van der Waals surface area contributed by atoms with Crippen molar-refractivity contribution in [2.24, 2.45) is 0 Å². The molecule has 1 rings (SSSR count). The van der Waals surface area contributed by atoms with Crippen molar-refractivity contribution < 1.29 is 17.5 Å². The van der Waals surface area contributed by atoms with Gasteiger partial charge < -0.3 is 10.1 Å². The van der Waals surface area contributed by atoms with Gasteiger partial charge in [0.05, 0.1) is 12.9 Å². The minimum absolute atomic E-state index is 0.0715. The molecule has 0 aliphatic rings. The molecule has 20 heavy (non-hydrogen) atoms. The van der Waals surface area contributed by atoms with Crippen LogP contribution in [0.15, 0.2) is 18.2 Å². The van der Waals surface area contributed by atoms with Crippen LogP contribution in [0.2, 0.25) is 0 Å². The zero-order valence-electron chi connectivity index (χ0n) is 12.1. The van der Waals surface area contributed by atoms with E-state index in [0.29, 0.717) is 6.42 Å². The summed E-state index contributed by atoms with van der Waals surface area (Å²) in [6, 6.07) is 4.54. The van der Waals surface area contributed by atoms with E-state index in [1.165, 1.54) is 19.4 Å². The van der Waals surface area contributed by atoms with Gasteiger partial charge in [-0.15, -0.1) is 0 Å². The fraction of sp³-hybridized carbons (Fsp3) is 0.571. The van der Waals surface area contributed by atoms with Gasteiger partial charge >= 0.3 is 0 Å². The van der Waals surface area contributed by atoms with Gasteiger partial charge in [-0.05, 0) is 37.1 Å². The first-order chi connectivity index (χ1) is 9.37. The molecule has 1 aromatic rings. The molecule has 0 saturated carbocycles. The Balaban J connectivity index is 2.89. The maximum absolute atomic E-state index is 13.7. The highest BCUT2D eigenvalue weighted by Gasteiger charge is 2.15. The Morgan fingerprint density at radius 1 is 1.40 bits per heavy atom. The zero-order chi connectivity index (χ0) is 15.2. The second kappa shape index (κ2) is 7.59. The van der Waals surface area contributed by atoms with Crippen LogP contribution < -0.4 is 10.1 Å². The fourth-order valence-corrected chi connectivity index (χ4v) is 2.60. The Bertz CT molecular complexity index is 531. The monoisotopic (exact) mass is 303 g/mol. The lowest BCUT2D eigenvalue weighted by atomic mass is 10.0. The number of methoxy groups -OCH3 is 1. The predicted molar refractivity (Wildman–Crippen MR) is 78.3 cm³/mol. The molecule has 0 heterocycles. The minimum Gasteiger partial charge on any atom is -0.494 e. The summed E-state index contributed by atoms with van der Waals surface area (Å²) in [6.45, 7) is 2.78. The second-order valence-corrected chi connectivity index (χ2v) is 7.08. The molecule has 0 aliphatic heterocycles. The van der Waals surface area contributed by atoms with E-state index in [4.69, 9.17) is 4.74 Å². The van der Waals surface area contributed by atoms with Crippen molar-refractivity contribution in [1.29, 1.82) is 0 Å². The van der Waals surface area contributed by atoms with Crippen molar-refractivity contribution in [1.82, 2.24) is 5.32 Å². The Morgan fingerprint density at radius 2 is 2.10 bits per heavy atom. The van der Waals surface area contributed by atoms with E-state index in [-0.39, 0.29) is 17.5 Å². The Labute approximate surface area is 120 Å². The summed E-state index contributed by atoms with van der Waals surface area (Å²) in [5.74, 6) is -0.180. The van der Waals surface area contributed by atoms with Gasteiger partial charge in [0, 0.05) is 12.3 Å². The molecule has 114 valence electrons. The molecule has 0 fully saturated rings. The van der Waals surface area contributed by atoms with Gasteiger partial charge in [-0.25, -0.2) is 12.8 Å². The van der Waals surface area contributed by atoms with Gasteiger partial charge in [0.25, 0.3) is 0 Å². The normalized spacial score (nSPS) is 13.2. The molecule has 1 aromatic carbocycles. The highest BCUT2D eigenvalue weighted by Crippen LogP contribution is 2.24. The molecule has 4 nitrogen and oxygen atoms in total. The topological polar surface area (TPSA) is 55.4 Å². The van der Waals surface area contributed by atoms with Gasteiger partial charge in [0.1, 0.15) is 9.84 Å². The third-order valence-corrected chi connectivity index (χ3v) is 3.97. The number of sulfone groups is 1. The highest BCUT2D eigenvalue weighted by atomic mass is 32.2. The van der Waals surface area contributed by atoms with E-state index in [9.17, 15) is 12.8 Å². The fourth-order valence-electron chi connectivity index (χ4n) is 1.94. The van der Waals surface area contributed by atoms with Crippen molar-refractivity contribution in [3.63, 3.8) is 0 Å². The molecule has 0 amide bonds. The summed E-state index contributed by atoms with van der Waals surface area (Å²) in [6.07, 6.45) is 2.55. The Hall–Kier alpha value is -1.14. The number of ether oxygens (including phenoxy) is 1. The maximum atomic E-state index is 13.7. The smallest absolute Gasteiger partial charge is 0.165 e. The third-order valence-electron chi connectivity index (χ3n) is 3.00. The lowest BCUT2D eigenvalue weighted by Gasteiger charge is -2.19. The first-order valence-corrected chi connectivity index (χ1v) is 8.68.